The molecule has 2 heteroatoms. The summed E-state index contributed by atoms with van der Waals surface area (Å²) in [5, 5.41) is 3.68. The van der Waals surface area contributed by atoms with E-state index in [4.69, 9.17) is 0 Å². The molecule has 1 amide bonds. The van der Waals surface area contributed by atoms with Crippen LogP contribution >= 0.6 is 0 Å². The van der Waals surface area contributed by atoms with Crippen LogP contribution in [0, 0.1) is 46.8 Å². The van der Waals surface area contributed by atoms with E-state index >= 15 is 0 Å². The van der Waals surface area contributed by atoms with Gasteiger partial charge in [0.15, 0.2) is 0 Å². The van der Waals surface area contributed by atoms with Crippen molar-refractivity contribution < 1.29 is 4.79 Å². The van der Waals surface area contributed by atoms with Gasteiger partial charge in [0.1, 0.15) is 0 Å². The van der Waals surface area contributed by atoms with Crippen molar-refractivity contribution >= 4 is 5.91 Å². The van der Waals surface area contributed by atoms with Gasteiger partial charge in [0.25, 0.3) is 0 Å². The average Bonchev–Trinajstić information content (AvgIpc) is 2.48. The van der Waals surface area contributed by atoms with Gasteiger partial charge in [0.05, 0.1) is 0 Å². The Morgan fingerprint density at radius 3 is 1.57 bits per heavy atom. The normalized spacial score (nSPS) is 58.6. The molecule has 1 N–H and O–H groups in total. The zero-order chi connectivity index (χ0) is 15.2. The van der Waals surface area contributed by atoms with Crippen LogP contribution in [0.3, 0.4) is 0 Å². The van der Waals surface area contributed by atoms with Crippen molar-refractivity contribution in [1.82, 2.24) is 5.32 Å². The van der Waals surface area contributed by atoms with Crippen LogP contribution in [0.1, 0.15) is 70.6 Å². The number of carbonyl (C=O) groups is 1. The van der Waals surface area contributed by atoms with Crippen LogP contribution in [0.15, 0.2) is 0 Å². The molecule has 0 unspecified atom stereocenters. The molecule has 0 spiro atoms. The first-order valence-corrected chi connectivity index (χ1v) is 10.5. The Labute approximate surface area is 140 Å². The minimum Gasteiger partial charge on any atom is -0.352 e. The molecular weight excluding hydrogens is 282 g/mol. The van der Waals surface area contributed by atoms with Gasteiger partial charge in [0, 0.05) is 11.5 Å². The van der Waals surface area contributed by atoms with Crippen LogP contribution in [-0.4, -0.2) is 11.9 Å². The van der Waals surface area contributed by atoms with Gasteiger partial charge in [-0.2, -0.15) is 0 Å². The van der Waals surface area contributed by atoms with Crippen LogP contribution in [-0.2, 0) is 4.79 Å². The Morgan fingerprint density at radius 1 is 0.652 bits per heavy atom. The molecule has 8 rings (SSSR count). The molecule has 0 saturated heterocycles. The van der Waals surface area contributed by atoms with Gasteiger partial charge < -0.3 is 5.32 Å². The highest BCUT2D eigenvalue weighted by Crippen LogP contribution is 2.60. The summed E-state index contributed by atoms with van der Waals surface area (Å²) in [6, 6.07) is 0.545. The first kappa shape index (κ1) is 13.7. The highest BCUT2D eigenvalue weighted by atomic mass is 16.2. The zero-order valence-corrected chi connectivity index (χ0v) is 14.3. The van der Waals surface area contributed by atoms with Crippen molar-refractivity contribution in [3.8, 4) is 0 Å². The van der Waals surface area contributed by atoms with E-state index in [1.807, 2.05) is 0 Å². The summed E-state index contributed by atoms with van der Waals surface area (Å²) in [4.78, 5) is 13.4. The van der Waals surface area contributed by atoms with E-state index in [0.717, 1.165) is 41.4 Å². The van der Waals surface area contributed by atoms with E-state index < -0.39 is 0 Å². The van der Waals surface area contributed by atoms with E-state index in [0.29, 0.717) is 11.9 Å². The van der Waals surface area contributed by atoms with Gasteiger partial charge in [-0.1, -0.05) is 0 Å². The number of rotatable bonds is 2. The van der Waals surface area contributed by atoms with Gasteiger partial charge >= 0.3 is 0 Å². The van der Waals surface area contributed by atoms with Crippen molar-refractivity contribution in [2.75, 3.05) is 0 Å². The summed E-state index contributed by atoms with van der Waals surface area (Å²) < 4.78 is 0. The van der Waals surface area contributed by atoms with Gasteiger partial charge in [-0.15, -0.1) is 0 Å². The first-order chi connectivity index (χ1) is 11.2. The van der Waals surface area contributed by atoms with E-state index in [-0.39, 0.29) is 5.41 Å². The van der Waals surface area contributed by atoms with E-state index in [2.05, 4.69) is 5.32 Å². The fourth-order valence-electron chi connectivity index (χ4n) is 8.85. The summed E-state index contributed by atoms with van der Waals surface area (Å²) in [6.45, 7) is 0. The molecule has 23 heavy (non-hydrogen) atoms. The minimum absolute atomic E-state index is 0.0589. The number of carbonyl (C=O) groups excluding carboxylic acids is 1. The lowest BCUT2D eigenvalue weighted by Gasteiger charge is -2.58. The monoisotopic (exact) mass is 313 g/mol. The van der Waals surface area contributed by atoms with Crippen molar-refractivity contribution in [2.45, 2.75) is 76.7 Å². The van der Waals surface area contributed by atoms with Crippen LogP contribution in [0.2, 0.25) is 0 Å². The third-order valence-electron chi connectivity index (χ3n) is 9.04. The molecule has 0 aliphatic heterocycles. The van der Waals surface area contributed by atoms with Gasteiger partial charge in [0.2, 0.25) is 5.91 Å². The third-order valence-corrected chi connectivity index (χ3v) is 9.04. The number of hydrogen-bond acceptors (Lipinski definition) is 1. The fourth-order valence-corrected chi connectivity index (χ4v) is 8.85. The maximum Gasteiger partial charge on any atom is 0.226 e. The van der Waals surface area contributed by atoms with Crippen molar-refractivity contribution in [3.63, 3.8) is 0 Å². The molecule has 0 aromatic carbocycles. The van der Waals surface area contributed by atoms with Crippen molar-refractivity contribution in [3.05, 3.63) is 0 Å². The lowest BCUT2D eigenvalue weighted by atomic mass is 9.49. The smallest absolute Gasteiger partial charge is 0.226 e. The maximum atomic E-state index is 13.4. The summed E-state index contributed by atoms with van der Waals surface area (Å²) >= 11 is 0. The predicted octanol–water partition coefficient (Wildman–Crippen LogP) is 4.14. The quantitative estimate of drug-likeness (QED) is 0.815. The maximum absolute atomic E-state index is 13.4. The van der Waals surface area contributed by atoms with Crippen LogP contribution in [0.4, 0.5) is 0 Å². The Morgan fingerprint density at radius 2 is 1.09 bits per heavy atom. The summed E-state index contributed by atoms with van der Waals surface area (Å²) in [5.74, 6) is 6.79. The van der Waals surface area contributed by atoms with Gasteiger partial charge in [-0.05, 0) is 112 Å². The minimum atomic E-state index is 0.0589. The number of nitrogens with one attached hydrogen (secondary N) is 1. The molecule has 0 heterocycles. The van der Waals surface area contributed by atoms with Crippen LogP contribution in [0.25, 0.3) is 0 Å². The molecule has 126 valence electrons. The van der Waals surface area contributed by atoms with E-state index in [9.17, 15) is 4.79 Å². The topological polar surface area (TPSA) is 29.1 Å². The van der Waals surface area contributed by atoms with E-state index in [1.54, 1.807) is 0 Å². The Kier molecular flexibility index (Phi) is 2.71. The molecule has 0 aromatic rings. The molecule has 8 aliphatic rings. The lowest BCUT2D eigenvalue weighted by Crippen LogP contribution is -2.60. The van der Waals surface area contributed by atoms with Crippen LogP contribution in [0.5, 0.6) is 0 Å². The lowest BCUT2D eigenvalue weighted by molar-refractivity contribution is -0.150. The van der Waals surface area contributed by atoms with Crippen molar-refractivity contribution in [1.29, 1.82) is 0 Å². The molecular formula is C21H31NO. The zero-order valence-electron chi connectivity index (χ0n) is 14.3. The summed E-state index contributed by atoms with van der Waals surface area (Å²) in [6.07, 6.45) is 15.1. The molecule has 0 radical (unpaired) electrons. The molecule has 8 bridgehead atoms. The highest BCUT2D eigenvalue weighted by molar-refractivity contribution is 5.83. The molecule has 8 fully saturated rings. The fraction of sp³-hybridized carbons (Fsp3) is 0.952. The molecule has 0 aromatic heterocycles. The second-order valence-corrected chi connectivity index (χ2v) is 10.6. The standard InChI is InChI=1S/C21H31NO/c23-20(21-9-14-2-15(10-21)4-16(3-14)11-21)22-19-17-5-12-1-13(7-17)8-18(19)6-12/h12-19H,1-11H2,(H,22,23). The SMILES string of the molecule is O=C(NC1C2CC3CC(C2)CC1C3)C12CC3CC(CC(C3)C1)C2. The molecule has 8 aliphatic carbocycles. The Balaban J connectivity index is 1.23. The predicted molar refractivity (Wildman–Crippen MR) is 89.6 cm³/mol. The Bertz CT molecular complexity index is 475. The highest BCUT2D eigenvalue weighted by Gasteiger charge is 2.56. The summed E-state index contributed by atoms with van der Waals surface area (Å²) in [5.41, 5.74) is 0.0589. The van der Waals surface area contributed by atoms with Crippen LogP contribution < -0.4 is 5.32 Å². The second kappa shape index (κ2) is 4.55. The van der Waals surface area contributed by atoms with Gasteiger partial charge in [-0.3, -0.25) is 4.79 Å². The Hall–Kier alpha value is -0.530. The van der Waals surface area contributed by atoms with Gasteiger partial charge in [-0.25, -0.2) is 0 Å². The largest absolute Gasteiger partial charge is 0.352 e. The number of hydrogen-bond donors (Lipinski definition) is 1. The molecule has 8 saturated carbocycles. The second-order valence-electron chi connectivity index (χ2n) is 10.6. The first-order valence-electron chi connectivity index (χ1n) is 10.5. The van der Waals surface area contributed by atoms with E-state index in [1.165, 1.54) is 70.6 Å². The molecule has 0 atom stereocenters. The van der Waals surface area contributed by atoms with Crippen molar-refractivity contribution in [2.24, 2.45) is 46.8 Å². The molecule has 2 nitrogen and oxygen atoms in total. The summed E-state index contributed by atoms with van der Waals surface area (Å²) in [7, 11) is 0. The average molecular weight is 313 g/mol. The number of amides is 1. The third kappa shape index (κ3) is 1.96.